The molecule has 1 aromatic carbocycles. The third-order valence-electron chi connectivity index (χ3n) is 3.50. The van der Waals surface area contributed by atoms with Gasteiger partial charge in [-0.3, -0.25) is 4.79 Å². The predicted molar refractivity (Wildman–Crippen MR) is 80.6 cm³/mol. The van der Waals surface area contributed by atoms with Gasteiger partial charge in [0, 0.05) is 17.7 Å². The first-order chi connectivity index (χ1) is 10.1. The van der Waals surface area contributed by atoms with Gasteiger partial charge in [0.15, 0.2) is 0 Å². The third-order valence-corrected chi connectivity index (χ3v) is 3.50. The van der Waals surface area contributed by atoms with Crippen LogP contribution in [0.4, 0.5) is 5.69 Å². The monoisotopic (exact) mass is 288 g/mol. The van der Waals surface area contributed by atoms with Crippen LogP contribution in [-0.2, 0) is 4.79 Å². The summed E-state index contributed by atoms with van der Waals surface area (Å²) in [6.45, 7) is 4.49. The quantitative estimate of drug-likeness (QED) is 0.851. The normalized spacial score (nSPS) is 12.1. The molecule has 0 aliphatic rings. The second-order valence-corrected chi connectivity index (χ2v) is 5.04. The van der Waals surface area contributed by atoms with Crippen molar-refractivity contribution in [3.05, 3.63) is 30.2 Å². The molecule has 6 heteroatoms. The smallest absolute Gasteiger partial charge is 0.247 e. The molecule has 0 spiro atoms. The molecule has 0 saturated carbocycles. The second kappa shape index (κ2) is 6.99. The maximum Gasteiger partial charge on any atom is 0.247 e. The molecule has 0 radical (unpaired) electrons. The summed E-state index contributed by atoms with van der Waals surface area (Å²) in [6.07, 6.45) is 2.60. The Kier molecular flexibility index (Phi) is 5.05. The van der Waals surface area contributed by atoms with Gasteiger partial charge in [-0.2, -0.15) is 0 Å². The number of hydrogen-bond acceptors (Lipinski definition) is 5. The summed E-state index contributed by atoms with van der Waals surface area (Å²) in [6, 6.07) is 5.63. The molecule has 0 fully saturated rings. The number of nitrogens with two attached hydrogens (primary N) is 1. The molecule has 21 heavy (non-hydrogen) atoms. The highest BCUT2D eigenvalue weighted by Crippen LogP contribution is 2.24. The summed E-state index contributed by atoms with van der Waals surface area (Å²) in [5.74, 6) is 0.612. The molecule has 0 saturated heterocycles. The Morgan fingerprint density at radius 3 is 2.90 bits per heavy atom. The van der Waals surface area contributed by atoms with Crippen LogP contribution in [0.2, 0.25) is 0 Å². The number of nitrogens with one attached hydrogen (secondary N) is 1. The summed E-state index contributed by atoms with van der Waals surface area (Å²) in [7, 11) is 0. The van der Waals surface area contributed by atoms with Crippen LogP contribution >= 0.6 is 0 Å². The van der Waals surface area contributed by atoms with Gasteiger partial charge < -0.3 is 15.5 Å². The second-order valence-electron chi connectivity index (χ2n) is 5.04. The molecule has 2 aromatic rings. The van der Waals surface area contributed by atoms with Crippen molar-refractivity contribution < 1.29 is 9.21 Å². The molecule has 1 amide bonds. The van der Waals surface area contributed by atoms with Crippen molar-refractivity contribution in [1.29, 1.82) is 0 Å². The first-order valence-electron chi connectivity index (χ1n) is 7.01. The van der Waals surface area contributed by atoms with E-state index in [2.05, 4.69) is 15.5 Å². The first-order valence-corrected chi connectivity index (χ1v) is 7.01. The molecule has 1 aromatic heterocycles. The van der Waals surface area contributed by atoms with Crippen molar-refractivity contribution in [3.8, 4) is 11.5 Å². The van der Waals surface area contributed by atoms with Crippen LogP contribution in [0.15, 0.2) is 29.0 Å². The number of rotatable bonds is 6. The minimum atomic E-state index is -0.0296. The van der Waals surface area contributed by atoms with Gasteiger partial charge in [-0.1, -0.05) is 19.4 Å². The Morgan fingerprint density at radius 2 is 2.29 bits per heavy atom. The lowest BCUT2D eigenvalue weighted by Gasteiger charge is -2.13. The van der Waals surface area contributed by atoms with E-state index in [0.29, 0.717) is 18.9 Å². The molecular formula is C15H20N4O2. The SMILES string of the molecule is CCC(CN)CC(=O)Nc1cc(-c2nnco2)ccc1C. The van der Waals surface area contributed by atoms with E-state index in [4.69, 9.17) is 10.2 Å². The Balaban J connectivity index is 2.12. The summed E-state index contributed by atoms with van der Waals surface area (Å²) in [4.78, 5) is 12.1. The number of carbonyl (C=O) groups excluding carboxylic acids is 1. The standard InChI is InChI=1S/C15H20N4O2/c1-3-11(8-16)6-14(20)18-13-7-12(5-4-10(13)2)15-19-17-9-21-15/h4-5,7,9,11H,3,6,8,16H2,1-2H3,(H,18,20). The van der Waals surface area contributed by atoms with E-state index in [-0.39, 0.29) is 11.8 Å². The van der Waals surface area contributed by atoms with Crippen LogP contribution in [0.5, 0.6) is 0 Å². The molecule has 0 aliphatic heterocycles. The van der Waals surface area contributed by atoms with Gasteiger partial charge in [-0.05, 0) is 37.1 Å². The molecule has 2 rings (SSSR count). The molecule has 0 bridgehead atoms. The summed E-state index contributed by atoms with van der Waals surface area (Å²) >= 11 is 0. The number of amides is 1. The molecule has 1 atom stereocenters. The van der Waals surface area contributed by atoms with E-state index >= 15 is 0 Å². The highest BCUT2D eigenvalue weighted by atomic mass is 16.4. The van der Waals surface area contributed by atoms with Crippen molar-refractivity contribution >= 4 is 11.6 Å². The lowest BCUT2D eigenvalue weighted by molar-refractivity contribution is -0.117. The van der Waals surface area contributed by atoms with Gasteiger partial charge in [0.1, 0.15) is 0 Å². The van der Waals surface area contributed by atoms with Crippen LogP contribution in [0.1, 0.15) is 25.3 Å². The third kappa shape index (κ3) is 3.88. The van der Waals surface area contributed by atoms with Gasteiger partial charge in [0.25, 0.3) is 0 Å². The van der Waals surface area contributed by atoms with Crippen LogP contribution in [0.3, 0.4) is 0 Å². The molecule has 1 unspecified atom stereocenters. The summed E-state index contributed by atoms with van der Waals surface area (Å²) in [5, 5.41) is 10.4. The van der Waals surface area contributed by atoms with Gasteiger partial charge in [-0.25, -0.2) is 0 Å². The van der Waals surface area contributed by atoms with Crippen LogP contribution in [0.25, 0.3) is 11.5 Å². The van der Waals surface area contributed by atoms with Crippen molar-refractivity contribution in [2.75, 3.05) is 11.9 Å². The van der Waals surface area contributed by atoms with Crippen molar-refractivity contribution in [2.45, 2.75) is 26.7 Å². The lowest BCUT2D eigenvalue weighted by atomic mass is 10.0. The Hall–Kier alpha value is -2.21. The molecule has 112 valence electrons. The molecule has 1 heterocycles. The average molecular weight is 288 g/mol. The maximum absolute atomic E-state index is 12.1. The zero-order valence-corrected chi connectivity index (χ0v) is 12.3. The van der Waals surface area contributed by atoms with Gasteiger partial charge in [-0.15, -0.1) is 10.2 Å². The number of benzene rings is 1. The fraction of sp³-hybridized carbons (Fsp3) is 0.400. The topological polar surface area (TPSA) is 94.0 Å². The highest BCUT2D eigenvalue weighted by Gasteiger charge is 2.13. The Morgan fingerprint density at radius 1 is 1.48 bits per heavy atom. The fourth-order valence-electron chi connectivity index (χ4n) is 2.05. The largest absolute Gasteiger partial charge is 0.423 e. The zero-order valence-electron chi connectivity index (χ0n) is 12.3. The van der Waals surface area contributed by atoms with E-state index in [9.17, 15) is 4.79 Å². The predicted octanol–water partition coefficient (Wildman–Crippen LogP) is 2.36. The average Bonchev–Trinajstić information content (AvgIpc) is 3.01. The number of hydrogen-bond donors (Lipinski definition) is 2. The van der Waals surface area contributed by atoms with E-state index in [1.54, 1.807) is 0 Å². The van der Waals surface area contributed by atoms with Gasteiger partial charge in [0.2, 0.25) is 18.2 Å². The van der Waals surface area contributed by atoms with E-state index < -0.39 is 0 Å². The number of aryl methyl sites for hydroxylation is 1. The number of nitrogens with zero attached hydrogens (tertiary/aromatic N) is 2. The molecular weight excluding hydrogens is 268 g/mol. The molecule has 6 nitrogen and oxygen atoms in total. The van der Waals surface area contributed by atoms with Crippen LogP contribution in [0, 0.1) is 12.8 Å². The minimum Gasteiger partial charge on any atom is -0.423 e. The minimum absolute atomic E-state index is 0.0296. The van der Waals surface area contributed by atoms with E-state index in [1.807, 2.05) is 32.0 Å². The van der Waals surface area contributed by atoms with E-state index in [0.717, 1.165) is 23.2 Å². The molecule has 0 aliphatic carbocycles. The first kappa shape index (κ1) is 15.2. The Bertz CT molecular complexity index is 592. The van der Waals surface area contributed by atoms with Crippen molar-refractivity contribution in [3.63, 3.8) is 0 Å². The van der Waals surface area contributed by atoms with Gasteiger partial charge in [0.05, 0.1) is 0 Å². The number of anilines is 1. The van der Waals surface area contributed by atoms with Crippen molar-refractivity contribution in [1.82, 2.24) is 10.2 Å². The zero-order chi connectivity index (χ0) is 15.2. The maximum atomic E-state index is 12.1. The Labute approximate surface area is 123 Å². The van der Waals surface area contributed by atoms with E-state index in [1.165, 1.54) is 6.39 Å². The summed E-state index contributed by atoms with van der Waals surface area (Å²) < 4.78 is 5.17. The summed E-state index contributed by atoms with van der Waals surface area (Å²) in [5.41, 5.74) is 8.14. The fourth-order valence-corrected chi connectivity index (χ4v) is 2.05. The number of aromatic nitrogens is 2. The van der Waals surface area contributed by atoms with Gasteiger partial charge >= 0.3 is 0 Å². The van der Waals surface area contributed by atoms with Crippen molar-refractivity contribution in [2.24, 2.45) is 11.7 Å². The van der Waals surface area contributed by atoms with Crippen LogP contribution < -0.4 is 11.1 Å². The molecule has 3 N–H and O–H groups in total. The number of carbonyl (C=O) groups is 1. The van der Waals surface area contributed by atoms with Crippen LogP contribution in [-0.4, -0.2) is 22.6 Å². The highest BCUT2D eigenvalue weighted by molar-refractivity contribution is 5.92. The lowest BCUT2D eigenvalue weighted by Crippen LogP contribution is -2.22.